The first kappa shape index (κ1) is 18.4. The number of carbonyl (C=O) groups excluding carboxylic acids is 2. The first-order valence-electron chi connectivity index (χ1n) is 7.17. The predicted molar refractivity (Wildman–Crippen MR) is 77.7 cm³/mol. The van der Waals surface area contributed by atoms with Crippen LogP contribution in [0.5, 0.6) is 11.5 Å². The van der Waals surface area contributed by atoms with Crippen LogP contribution in [0.3, 0.4) is 0 Å². The first-order valence-corrected chi connectivity index (χ1v) is 7.17. The summed E-state index contributed by atoms with van der Waals surface area (Å²) in [5.41, 5.74) is -1.56. The molecule has 1 aliphatic rings. The van der Waals surface area contributed by atoms with Crippen LogP contribution in [0.1, 0.15) is 10.4 Å². The molecular formula is C16H8F5NO5. The van der Waals surface area contributed by atoms with Crippen LogP contribution in [-0.4, -0.2) is 25.3 Å². The Hall–Kier alpha value is -3.37. The number of fused-ring (bicyclic) bond motifs is 1. The number of rotatable bonds is 4. The Labute approximate surface area is 147 Å². The summed E-state index contributed by atoms with van der Waals surface area (Å²) < 4.78 is 80.8. The molecule has 0 spiro atoms. The molecule has 11 heteroatoms. The summed E-state index contributed by atoms with van der Waals surface area (Å²) in [7, 11) is 0. The summed E-state index contributed by atoms with van der Waals surface area (Å²) in [5, 5.41) is 1.48. The van der Waals surface area contributed by atoms with Gasteiger partial charge in [-0.2, -0.15) is 0 Å². The van der Waals surface area contributed by atoms with Gasteiger partial charge in [0.2, 0.25) is 12.6 Å². The fourth-order valence-electron chi connectivity index (χ4n) is 2.13. The maximum absolute atomic E-state index is 13.5. The van der Waals surface area contributed by atoms with Crippen molar-refractivity contribution < 1.29 is 45.8 Å². The van der Waals surface area contributed by atoms with Crippen LogP contribution in [0, 0.1) is 29.1 Å². The minimum absolute atomic E-state index is 0.0108. The van der Waals surface area contributed by atoms with Crippen molar-refractivity contribution in [3.63, 3.8) is 0 Å². The lowest BCUT2D eigenvalue weighted by atomic mass is 10.2. The van der Waals surface area contributed by atoms with Crippen LogP contribution < -0.4 is 14.8 Å². The van der Waals surface area contributed by atoms with E-state index in [0.29, 0.717) is 5.75 Å². The number of amides is 1. The van der Waals surface area contributed by atoms with E-state index >= 15 is 0 Å². The molecule has 0 fully saturated rings. The number of esters is 1. The lowest BCUT2D eigenvalue weighted by Gasteiger charge is -2.10. The van der Waals surface area contributed by atoms with E-state index in [-0.39, 0.29) is 18.1 Å². The molecule has 27 heavy (non-hydrogen) atoms. The van der Waals surface area contributed by atoms with Crippen molar-refractivity contribution in [2.24, 2.45) is 0 Å². The van der Waals surface area contributed by atoms with Crippen molar-refractivity contribution in [1.29, 1.82) is 0 Å². The van der Waals surface area contributed by atoms with E-state index in [4.69, 9.17) is 9.47 Å². The lowest BCUT2D eigenvalue weighted by Crippen LogP contribution is -2.23. The minimum Gasteiger partial charge on any atom is -0.454 e. The summed E-state index contributed by atoms with van der Waals surface area (Å²) in [4.78, 5) is 23.5. The van der Waals surface area contributed by atoms with Gasteiger partial charge in [0.25, 0.3) is 5.91 Å². The van der Waals surface area contributed by atoms with Gasteiger partial charge >= 0.3 is 5.97 Å². The van der Waals surface area contributed by atoms with Gasteiger partial charge in [0.1, 0.15) is 5.69 Å². The van der Waals surface area contributed by atoms with Crippen LogP contribution in [0.4, 0.5) is 27.6 Å². The fraction of sp³-hybridized carbons (Fsp3) is 0.125. The molecule has 0 bridgehead atoms. The predicted octanol–water partition coefficient (Wildman–Crippen LogP) is 2.91. The summed E-state index contributed by atoms with van der Waals surface area (Å²) in [6.07, 6.45) is 0. The molecule has 2 aromatic rings. The second-order valence-electron chi connectivity index (χ2n) is 5.14. The molecule has 0 saturated heterocycles. The van der Waals surface area contributed by atoms with E-state index in [2.05, 4.69) is 4.74 Å². The minimum atomic E-state index is -2.36. The van der Waals surface area contributed by atoms with Crippen LogP contribution in [0.25, 0.3) is 0 Å². The number of hydrogen-bond donors (Lipinski definition) is 1. The topological polar surface area (TPSA) is 73.9 Å². The highest BCUT2D eigenvalue weighted by Gasteiger charge is 2.27. The van der Waals surface area contributed by atoms with E-state index in [9.17, 15) is 31.5 Å². The first-order chi connectivity index (χ1) is 12.8. The molecule has 0 radical (unpaired) electrons. The molecule has 0 atom stereocenters. The zero-order chi connectivity index (χ0) is 19.7. The normalized spacial score (nSPS) is 12.0. The molecule has 0 saturated carbocycles. The van der Waals surface area contributed by atoms with Crippen molar-refractivity contribution >= 4 is 17.6 Å². The Bertz CT molecular complexity index is 920. The van der Waals surface area contributed by atoms with Crippen LogP contribution in [0.2, 0.25) is 0 Å². The monoisotopic (exact) mass is 389 g/mol. The largest absolute Gasteiger partial charge is 0.454 e. The quantitative estimate of drug-likeness (QED) is 0.377. The smallest absolute Gasteiger partial charge is 0.338 e. The van der Waals surface area contributed by atoms with E-state index in [0.717, 1.165) is 0 Å². The number of carbonyl (C=O) groups is 2. The number of benzene rings is 2. The van der Waals surface area contributed by atoms with E-state index < -0.39 is 53.3 Å². The van der Waals surface area contributed by atoms with Gasteiger partial charge in [-0.1, -0.05) is 0 Å². The number of ether oxygens (including phenoxy) is 3. The van der Waals surface area contributed by atoms with Crippen molar-refractivity contribution in [2.75, 3.05) is 18.7 Å². The third-order valence-electron chi connectivity index (χ3n) is 3.42. The maximum Gasteiger partial charge on any atom is 0.338 e. The molecule has 2 aromatic carbocycles. The molecule has 1 heterocycles. The molecule has 0 aromatic heterocycles. The van der Waals surface area contributed by atoms with Gasteiger partial charge in [0.05, 0.1) is 5.56 Å². The van der Waals surface area contributed by atoms with Crippen molar-refractivity contribution in [3.05, 3.63) is 52.8 Å². The van der Waals surface area contributed by atoms with Gasteiger partial charge in [-0.3, -0.25) is 4.79 Å². The number of hydrogen-bond acceptors (Lipinski definition) is 5. The third-order valence-corrected chi connectivity index (χ3v) is 3.42. The molecule has 1 amide bonds. The molecule has 6 nitrogen and oxygen atoms in total. The van der Waals surface area contributed by atoms with Crippen molar-refractivity contribution in [3.8, 4) is 11.5 Å². The molecule has 3 rings (SSSR count). The molecule has 1 N–H and O–H groups in total. The molecule has 1 aliphatic heterocycles. The second kappa shape index (κ2) is 7.09. The summed E-state index contributed by atoms with van der Waals surface area (Å²) >= 11 is 0. The maximum atomic E-state index is 13.5. The SMILES string of the molecule is O=C(COC(=O)c1ccc2c(c1)OCO2)Nc1c(F)c(F)c(F)c(F)c1F. The standard InChI is InChI=1S/C16H8F5NO5/c17-10-11(18)13(20)15(14(21)12(10)19)22-9(23)4-25-16(24)6-1-2-7-8(3-6)27-5-26-7/h1-3H,4-5H2,(H,22,23). The molecule has 0 aliphatic carbocycles. The van der Waals surface area contributed by atoms with Crippen LogP contribution >= 0.6 is 0 Å². The lowest BCUT2D eigenvalue weighted by molar-refractivity contribution is -0.119. The highest BCUT2D eigenvalue weighted by molar-refractivity contribution is 5.96. The van der Waals surface area contributed by atoms with E-state index in [1.807, 2.05) is 0 Å². The second-order valence-corrected chi connectivity index (χ2v) is 5.14. The zero-order valence-corrected chi connectivity index (χ0v) is 13.1. The average Bonchev–Trinajstić information content (AvgIpc) is 3.14. The van der Waals surface area contributed by atoms with Gasteiger partial charge in [0, 0.05) is 0 Å². The summed E-state index contributed by atoms with van der Waals surface area (Å²) in [5.74, 6) is -12.9. The summed E-state index contributed by atoms with van der Waals surface area (Å²) in [6, 6.07) is 4.03. The fourth-order valence-corrected chi connectivity index (χ4v) is 2.13. The average molecular weight is 389 g/mol. The summed E-state index contributed by atoms with van der Waals surface area (Å²) in [6.45, 7) is -1.06. The Morgan fingerprint density at radius 2 is 1.52 bits per heavy atom. The Morgan fingerprint density at radius 3 is 2.19 bits per heavy atom. The van der Waals surface area contributed by atoms with Gasteiger partial charge in [-0.05, 0) is 18.2 Å². The molecule has 0 unspecified atom stereocenters. The van der Waals surface area contributed by atoms with Gasteiger partial charge in [-0.25, -0.2) is 26.7 Å². The van der Waals surface area contributed by atoms with Crippen molar-refractivity contribution in [1.82, 2.24) is 0 Å². The van der Waals surface area contributed by atoms with E-state index in [1.54, 1.807) is 0 Å². The van der Waals surface area contributed by atoms with Gasteiger partial charge in [0.15, 0.2) is 41.4 Å². The van der Waals surface area contributed by atoms with Gasteiger partial charge < -0.3 is 19.5 Å². The Balaban J connectivity index is 1.66. The Kier molecular flexibility index (Phi) is 4.84. The van der Waals surface area contributed by atoms with Gasteiger partial charge in [-0.15, -0.1) is 0 Å². The zero-order valence-electron chi connectivity index (χ0n) is 13.1. The Morgan fingerprint density at radius 1 is 0.926 bits per heavy atom. The number of halogens is 5. The van der Waals surface area contributed by atoms with Crippen molar-refractivity contribution in [2.45, 2.75) is 0 Å². The van der Waals surface area contributed by atoms with E-state index in [1.165, 1.54) is 23.5 Å². The highest BCUT2D eigenvalue weighted by atomic mass is 19.2. The third kappa shape index (κ3) is 3.48. The highest BCUT2D eigenvalue weighted by Crippen LogP contribution is 2.32. The number of anilines is 1. The number of nitrogens with one attached hydrogen (secondary N) is 1. The van der Waals surface area contributed by atoms with Crippen LogP contribution in [0.15, 0.2) is 18.2 Å². The molecular weight excluding hydrogens is 381 g/mol. The van der Waals surface area contributed by atoms with Crippen LogP contribution in [-0.2, 0) is 9.53 Å². The molecule has 142 valence electrons.